The van der Waals surface area contributed by atoms with Crippen molar-refractivity contribution >= 4 is 17.4 Å². The van der Waals surface area contributed by atoms with Crippen LogP contribution in [-0.4, -0.2) is 45.5 Å². The van der Waals surface area contributed by atoms with Crippen molar-refractivity contribution in [3.05, 3.63) is 40.7 Å². The number of amides is 1. The maximum Gasteiger partial charge on any atom is 0.264 e. The average molecular weight is 331 g/mol. The molecule has 0 unspecified atom stereocenters. The van der Waals surface area contributed by atoms with Crippen LogP contribution in [0.5, 0.6) is 0 Å². The Hall–Kier alpha value is -1.86. The van der Waals surface area contributed by atoms with E-state index in [0.717, 1.165) is 25.1 Å². The normalized spacial score (nSPS) is 21.5. The van der Waals surface area contributed by atoms with Gasteiger partial charge in [0.2, 0.25) is 0 Å². The second-order valence-electron chi connectivity index (χ2n) is 5.87. The maximum atomic E-state index is 12.4. The molecule has 1 fully saturated rings. The Morgan fingerprint density at radius 2 is 2.39 bits per heavy atom. The van der Waals surface area contributed by atoms with E-state index in [0.29, 0.717) is 23.4 Å². The van der Waals surface area contributed by atoms with Gasteiger partial charge in [-0.25, -0.2) is 0 Å². The number of pyridine rings is 1. The monoisotopic (exact) mass is 331 g/mol. The second-order valence-corrected chi connectivity index (χ2v) is 6.63. The van der Waals surface area contributed by atoms with Crippen LogP contribution in [0.1, 0.15) is 40.3 Å². The highest BCUT2D eigenvalue weighted by molar-refractivity contribution is 7.08. The van der Waals surface area contributed by atoms with E-state index < -0.39 is 0 Å². The molecule has 0 radical (unpaired) electrons. The van der Waals surface area contributed by atoms with E-state index in [4.69, 9.17) is 0 Å². The summed E-state index contributed by atoms with van der Waals surface area (Å²) < 4.78 is 3.88. The summed E-state index contributed by atoms with van der Waals surface area (Å²) in [6.07, 6.45) is 5.50. The van der Waals surface area contributed by atoms with Gasteiger partial charge in [0.05, 0.1) is 5.69 Å². The van der Waals surface area contributed by atoms with Gasteiger partial charge >= 0.3 is 0 Å². The van der Waals surface area contributed by atoms with Crippen molar-refractivity contribution in [1.29, 1.82) is 0 Å². The van der Waals surface area contributed by atoms with Crippen LogP contribution in [0.2, 0.25) is 0 Å². The minimum atomic E-state index is -0.0589. The van der Waals surface area contributed by atoms with Crippen LogP contribution in [0, 0.1) is 5.92 Å². The van der Waals surface area contributed by atoms with Crippen molar-refractivity contribution in [2.75, 3.05) is 20.1 Å². The number of likely N-dealkylation sites (tertiary alicyclic amines) is 1. The Labute approximate surface area is 140 Å². The smallest absolute Gasteiger partial charge is 0.264 e. The fourth-order valence-corrected chi connectivity index (χ4v) is 3.90. The van der Waals surface area contributed by atoms with Gasteiger partial charge in [-0.2, -0.15) is 0 Å². The molecule has 2 aromatic heterocycles. The number of carbonyl (C=O) groups is 1. The minimum Gasteiger partial charge on any atom is -0.351 e. The highest BCUT2D eigenvalue weighted by atomic mass is 32.1. The molecule has 0 aromatic carbocycles. The number of hydrogen-bond acceptors (Lipinski definition) is 6. The highest BCUT2D eigenvalue weighted by Gasteiger charge is 2.33. The molecule has 1 saturated heterocycles. The van der Waals surface area contributed by atoms with Gasteiger partial charge in [-0.3, -0.25) is 14.7 Å². The van der Waals surface area contributed by atoms with Gasteiger partial charge in [0.15, 0.2) is 0 Å². The van der Waals surface area contributed by atoms with Crippen LogP contribution in [0.15, 0.2) is 24.5 Å². The first-order chi connectivity index (χ1) is 11.2. The van der Waals surface area contributed by atoms with Crippen LogP contribution in [0.4, 0.5) is 0 Å². The van der Waals surface area contributed by atoms with Gasteiger partial charge in [0, 0.05) is 25.0 Å². The third kappa shape index (κ3) is 3.40. The molecule has 3 heterocycles. The molecule has 6 nitrogen and oxygen atoms in total. The summed E-state index contributed by atoms with van der Waals surface area (Å²) in [5.74, 6) is 0.329. The molecule has 23 heavy (non-hydrogen) atoms. The fraction of sp³-hybridized carbons (Fsp3) is 0.500. The molecule has 1 aliphatic heterocycles. The van der Waals surface area contributed by atoms with Gasteiger partial charge in [-0.05, 0) is 55.5 Å². The van der Waals surface area contributed by atoms with Gasteiger partial charge in [0.1, 0.15) is 4.88 Å². The molecule has 122 valence electrons. The molecule has 0 aliphatic carbocycles. The summed E-state index contributed by atoms with van der Waals surface area (Å²) in [6, 6.07) is 4.37. The first-order valence-electron chi connectivity index (χ1n) is 7.90. The van der Waals surface area contributed by atoms with Crippen LogP contribution in [0.25, 0.3) is 0 Å². The van der Waals surface area contributed by atoms with Gasteiger partial charge in [-0.15, -0.1) is 5.10 Å². The second kappa shape index (κ2) is 7.14. The quantitative estimate of drug-likeness (QED) is 0.906. The zero-order valence-corrected chi connectivity index (χ0v) is 14.2. The molecule has 1 N–H and O–H groups in total. The summed E-state index contributed by atoms with van der Waals surface area (Å²) in [7, 11) is 2.13. The number of carbonyl (C=O) groups excluding carboxylic acids is 1. The molecule has 0 saturated carbocycles. The van der Waals surface area contributed by atoms with Crippen LogP contribution in [0.3, 0.4) is 0 Å². The fourth-order valence-electron chi connectivity index (χ4n) is 3.23. The van der Waals surface area contributed by atoms with E-state index in [-0.39, 0.29) is 5.91 Å². The lowest BCUT2D eigenvalue weighted by atomic mass is 9.95. The zero-order valence-electron chi connectivity index (χ0n) is 13.4. The van der Waals surface area contributed by atoms with Crippen molar-refractivity contribution in [1.82, 2.24) is 24.8 Å². The molecule has 3 rings (SSSR count). The zero-order chi connectivity index (χ0) is 16.2. The number of aryl methyl sites for hydroxylation is 1. The number of rotatable bonds is 5. The topological polar surface area (TPSA) is 71.0 Å². The third-order valence-corrected chi connectivity index (χ3v) is 5.19. The Balaban J connectivity index is 1.66. The van der Waals surface area contributed by atoms with E-state index in [1.54, 1.807) is 6.20 Å². The lowest BCUT2D eigenvalue weighted by Crippen LogP contribution is -2.32. The first kappa shape index (κ1) is 16.0. The van der Waals surface area contributed by atoms with E-state index in [1.165, 1.54) is 17.1 Å². The van der Waals surface area contributed by atoms with Crippen molar-refractivity contribution < 1.29 is 4.79 Å². The summed E-state index contributed by atoms with van der Waals surface area (Å²) >= 11 is 1.17. The van der Waals surface area contributed by atoms with Gasteiger partial charge < -0.3 is 5.32 Å². The first-order valence-corrected chi connectivity index (χ1v) is 8.67. The van der Waals surface area contributed by atoms with E-state index in [1.807, 2.05) is 19.2 Å². The molecule has 1 amide bonds. The molecule has 2 atom stereocenters. The summed E-state index contributed by atoms with van der Waals surface area (Å²) in [5, 5.41) is 7.07. The van der Waals surface area contributed by atoms with Crippen molar-refractivity contribution in [2.24, 2.45) is 5.92 Å². The van der Waals surface area contributed by atoms with Crippen molar-refractivity contribution in [2.45, 2.75) is 25.8 Å². The Morgan fingerprint density at radius 3 is 3.13 bits per heavy atom. The number of nitrogens with zero attached hydrogens (tertiary/aromatic N) is 4. The molecule has 0 bridgehead atoms. The SMILES string of the molecule is CCc1nnsc1C(=O)NC[C@@H]1CCN(C)[C@H]1c1cccnc1. The van der Waals surface area contributed by atoms with E-state index in [2.05, 4.69) is 37.9 Å². The molecule has 7 heteroatoms. The van der Waals surface area contributed by atoms with Crippen LogP contribution < -0.4 is 5.32 Å². The summed E-state index contributed by atoms with van der Waals surface area (Å²) in [6.45, 7) is 3.67. The molecular weight excluding hydrogens is 310 g/mol. The molecule has 1 aliphatic rings. The Bertz CT molecular complexity index is 660. The number of aromatic nitrogens is 3. The third-order valence-electron chi connectivity index (χ3n) is 4.42. The summed E-state index contributed by atoms with van der Waals surface area (Å²) in [4.78, 5) is 19.6. The predicted molar refractivity (Wildman–Crippen MR) is 89.3 cm³/mol. The van der Waals surface area contributed by atoms with E-state index >= 15 is 0 Å². The molecule has 0 spiro atoms. The minimum absolute atomic E-state index is 0.0589. The average Bonchev–Trinajstić information content (AvgIpc) is 3.19. The van der Waals surface area contributed by atoms with Crippen LogP contribution >= 0.6 is 11.5 Å². The number of nitrogens with one attached hydrogen (secondary N) is 1. The van der Waals surface area contributed by atoms with Gasteiger partial charge in [0.25, 0.3) is 5.91 Å². The Kier molecular flexibility index (Phi) is 4.97. The van der Waals surface area contributed by atoms with E-state index in [9.17, 15) is 4.79 Å². The lowest BCUT2D eigenvalue weighted by Gasteiger charge is -2.25. The number of hydrogen-bond donors (Lipinski definition) is 1. The molecule has 2 aromatic rings. The van der Waals surface area contributed by atoms with Gasteiger partial charge in [-0.1, -0.05) is 17.5 Å². The highest BCUT2D eigenvalue weighted by Crippen LogP contribution is 2.35. The summed E-state index contributed by atoms with van der Waals surface area (Å²) in [5.41, 5.74) is 1.99. The van der Waals surface area contributed by atoms with Crippen molar-refractivity contribution in [3.63, 3.8) is 0 Å². The maximum absolute atomic E-state index is 12.4. The molecular formula is C16H21N5OS. The Morgan fingerprint density at radius 1 is 1.52 bits per heavy atom. The lowest BCUT2D eigenvalue weighted by molar-refractivity contribution is 0.0946. The van der Waals surface area contributed by atoms with Crippen molar-refractivity contribution in [3.8, 4) is 0 Å². The predicted octanol–water partition coefficient (Wildman–Crippen LogP) is 1.92. The van der Waals surface area contributed by atoms with Crippen LogP contribution in [-0.2, 0) is 6.42 Å². The standard InChI is InChI=1S/C16H21N5OS/c1-3-13-15(23-20-19-13)16(22)18-10-12-6-8-21(2)14(12)11-5-4-7-17-9-11/h4-5,7,9,12,14H,3,6,8,10H2,1-2H3,(H,18,22)/t12-,14-/m0/s1. The largest absolute Gasteiger partial charge is 0.351 e.